The lowest BCUT2D eigenvalue weighted by molar-refractivity contribution is -0.137. The summed E-state index contributed by atoms with van der Waals surface area (Å²) in [6.45, 7) is 5.00. The molecule has 0 saturated carbocycles. The summed E-state index contributed by atoms with van der Waals surface area (Å²) < 4.78 is 54.2. The van der Waals surface area contributed by atoms with Gasteiger partial charge in [0.1, 0.15) is 7.14 Å². The van der Waals surface area contributed by atoms with Gasteiger partial charge in [0.05, 0.1) is 22.8 Å². The number of carbonyl (C=O) groups is 1. The number of carbonyl (C=O) groups excluding carboxylic acids is 1. The van der Waals surface area contributed by atoms with E-state index in [0.29, 0.717) is 32.9 Å². The highest BCUT2D eigenvalue weighted by molar-refractivity contribution is 7.70. The van der Waals surface area contributed by atoms with Gasteiger partial charge in [-0.3, -0.25) is 19.1 Å². The number of pyridine rings is 2. The van der Waals surface area contributed by atoms with Gasteiger partial charge < -0.3 is 9.88 Å². The molecule has 1 amide bonds. The molecule has 0 aliphatic rings. The fraction of sp³-hybridized carbons (Fsp3) is 0.167. The molecule has 6 nitrogen and oxygen atoms in total. The zero-order valence-electron chi connectivity index (χ0n) is 21.9. The number of fused-ring (bicyclic) bond motifs is 3. The lowest BCUT2D eigenvalue weighted by atomic mass is 10.0. The van der Waals surface area contributed by atoms with Gasteiger partial charge >= 0.3 is 6.18 Å². The van der Waals surface area contributed by atoms with Crippen molar-refractivity contribution in [2.75, 3.05) is 13.3 Å². The van der Waals surface area contributed by atoms with E-state index in [1.54, 1.807) is 68.1 Å². The number of benzene rings is 3. The zero-order valence-corrected chi connectivity index (χ0v) is 22.8. The first kappa shape index (κ1) is 27.3. The standard InChI is InChI=1S/C30H25F3N3O3P/c1-18(24-8-4-5-16-34-24)35-28(37)19-10-15-25-23(17-19)27-22(7-6-9-26(27)40(2,3)39)29(38)36(25)21-13-11-20(12-14-21)30(31,32)33/h4-18H,1-3H3,(H,35,37)/t18-/m0/s1. The fourth-order valence-corrected chi connectivity index (χ4v) is 6.02. The van der Waals surface area contributed by atoms with Gasteiger partial charge in [-0.05, 0) is 80.9 Å². The molecule has 0 unspecified atom stereocenters. The van der Waals surface area contributed by atoms with Gasteiger partial charge in [0, 0.05) is 38.9 Å². The Hall–Kier alpha value is -4.23. The van der Waals surface area contributed by atoms with Crippen LogP contribution in [0.5, 0.6) is 0 Å². The summed E-state index contributed by atoms with van der Waals surface area (Å²) >= 11 is 0. The van der Waals surface area contributed by atoms with Gasteiger partial charge in [-0.15, -0.1) is 0 Å². The Morgan fingerprint density at radius 1 is 0.950 bits per heavy atom. The molecule has 3 aromatic carbocycles. The first-order valence-corrected chi connectivity index (χ1v) is 15.0. The Labute approximate surface area is 227 Å². The number of halogens is 3. The molecule has 2 heterocycles. The predicted molar refractivity (Wildman–Crippen MR) is 151 cm³/mol. The quantitative estimate of drug-likeness (QED) is 0.201. The van der Waals surface area contributed by atoms with Gasteiger partial charge in [-0.1, -0.05) is 18.2 Å². The number of rotatable bonds is 5. The fourth-order valence-electron chi connectivity index (χ4n) is 4.79. The van der Waals surface area contributed by atoms with Gasteiger partial charge in [0.25, 0.3) is 11.5 Å². The van der Waals surface area contributed by atoms with Crippen molar-refractivity contribution in [2.45, 2.75) is 19.1 Å². The molecule has 0 bridgehead atoms. The molecular formula is C30H25F3N3O3P. The second kappa shape index (κ2) is 10.1. The summed E-state index contributed by atoms with van der Waals surface area (Å²) in [4.78, 5) is 31.3. The molecule has 1 atom stereocenters. The first-order valence-electron chi connectivity index (χ1n) is 12.4. The Kier molecular flexibility index (Phi) is 6.88. The van der Waals surface area contributed by atoms with Crippen molar-refractivity contribution in [3.05, 3.63) is 112 Å². The molecule has 204 valence electrons. The minimum atomic E-state index is -4.53. The Balaban J connectivity index is 1.74. The van der Waals surface area contributed by atoms with Crippen LogP contribution in [0.1, 0.15) is 34.6 Å². The van der Waals surface area contributed by atoms with Crippen LogP contribution in [-0.2, 0) is 10.7 Å². The van der Waals surface area contributed by atoms with Gasteiger partial charge in [-0.25, -0.2) is 0 Å². The van der Waals surface area contributed by atoms with E-state index in [1.807, 2.05) is 13.0 Å². The van der Waals surface area contributed by atoms with E-state index in [4.69, 9.17) is 0 Å². The van der Waals surface area contributed by atoms with E-state index in [0.717, 1.165) is 12.1 Å². The largest absolute Gasteiger partial charge is 0.416 e. The maximum atomic E-state index is 13.8. The third kappa shape index (κ3) is 5.05. The topological polar surface area (TPSA) is 81.1 Å². The zero-order chi connectivity index (χ0) is 28.8. The molecule has 10 heteroatoms. The normalized spacial score (nSPS) is 12.9. The average Bonchev–Trinajstić information content (AvgIpc) is 2.92. The third-order valence-corrected chi connectivity index (χ3v) is 8.29. The molecule has 5 rings (SSSR count). The lowest BCUT2D eigenvalue weighted by Crippen LogP contribution is -2.27. The number of aromatic nitrogens is 2. The SMILES string of the molecule is C[C@H](NC(=O)c1ccc2c(c1)c1c(P(C)(C)=O)cccc1c(=O)n2-c1ccc(C(F)(F)F)cc1)c1ccccn1. The van der Waals surface area contributed by atoms with Crippen LogP contribution in [0.4, 0.5) is 13.2 Å². The van der Waals surface area contributed by atoms with E-state index < -0.39 is 24.4 Å². The molecule has 0 fully saturated rings. The highest BCUT2D eigenvalue weighted by atomic mass is 31.2. The van der Waals surface area contributed by atoms with Crippen molar-refractivity contribution in [3.8, 4) is 5.69 Å². The molecular weight excluding hydrogens is 538 g/mol. The summed E-state index contributed by atoms with van der Waals surface area (Å²) in [6.07, 6.45) is -2.89. The summed E-state index contributed by atoms with van der Waals surface area (Å²) in [5.41, 5.74) is 0.263. The Morgan fingerprint density at radius 3 is 2.30 bits per heavy atom. The van der Waals surface area contributed by atoms with Crippen LogP contribution in [0.2, 0.25) is 0 Å². The van der Waals surface area contributed by atoms with Crippen LogP contribution in [0.3, 0.4) is 0 Å². The van der Waals surface area contributed by atoms with E-state index in [-0.39, 0.29) is 23.0 Å². The number of hydrogen-bond acceptors (Lipinski definition) is 4. The van der Waals surface area contributed by atoms with Gasteiger partial charge in [0.2, 0.25) is 0 Å². The summed E-state index contributed by atoms with van der Waals surface area (Å²) in [7, 11) is -2.88. The molecule has 1 N–H and O–H groups in total. The average molecular weight is 564 g/mol. The van der Waals surface area contributed by atoms with Crippen LogP contribution in [-0.4, -0.2) is 28.8 Å². The molecule has 40 heavy (non-hydrogen) atoms. The Bertz CT molecular complexity index is 1860. The Morgan fingerprint density at radius 2 is 1.68 bits per heavy atom. The van der Waals surface area contributed by atoms with E-state index in [1.165, 1.54) is 16.7 Å². The highest BCUT2D eigenvalue weighted by Gasteiger charge is 2.30. The number of hydrogen-bond donors (Lipinski definition) is 1. The van der Waals surface area contributed by atoms with Crippen LogP contribution in [0.25, 0.3) is 27.4 Å². The monoisotopic (exact) mass is 563 g/mol. The number of nitrogens with zero attached hydrogens (tertiary/aromatic N) is 2. The lowest BCUT2D eigenvalue weighted by Gasteiger charge is -2.19. The van der Waals surface area contributed by atoms with Crippen molar-refractivity contribution in [2.24, 2.45) is 0 Å². The van der Waals surface area contributed by atoms with Crippen molar-refractivity contribution >= 4 is 40.0 Å². The maximum Gasteiger partial charge on any atom is 0.416 e. The van der Waals surface area contributed by atoms with Crippen molar-refractivity contribution in [1.29, 1.82) is 0 Å². The summed E-state index contributed by atoms with van der Waals surface area (Å²) in [5.74, 6) is -0.380. The molecule has 0 spiro atoms. The molecule has 0 aliphatic heterocycles. The second-order valence-electron chi connectivity index (χ2n) is 9.92. The number of nitrogens with one attached hydrogen (secondary N) is 1. The van der Waals surface area contributed by atoms with Crippen molar-refractivity contribution in [1.82, 2.24) is 14.9 Å². The first-order chi connectivity index (χ1) is 18.9. The molecule has 0 aliphatic carbocycles. The summed E-state index contributed by atoms with van der Waals surface area (Å²) in [6, 6.07) is 19.0. The number of amides is 1. The van der Waals surface area contributed by atoms with Crippen molar-refractivity contribution in [3.63, 3.8) is 0 Å². The van der Waals surface area contributed by atoms with Crippen LogP contribution in [0, 0.1) is 0 Å². The van der Waals surface area contributed by atoms with Gasteiger partial charge in [0.15, 0.2) is 0 Å². The smallest absolute Gasteiger partial charge is 0.344 e. The van der Waals surface area contributed by atoms with Crippen LogP contribution in [0.15, 0.2) is 89.9 Å². The highest BCUT2D eigenvalue weighted by Crippen LogP contribution is 2.39. The van der Waals surface area contributed by atoms with Crippen LogP contribution >= 0.6 is 7.14 Å². The predicted octanol–water partition coefficient (Wildman–Crippen LogP) is 6.30. The minimum absolute atomic E-state index is 0.229. The molecule has 0 radical (unpaired) electrons. The van der Waals surface area contributed by atoms with Crippen LogP contribution < -0.4 is 16.2 Å². The van der Waals surface area contributed by atoms with E-state index in [2.05, 4.69) is 10.3 Å². The third-order valence-electron chi connectivity index (χ3n) is 6.76. The van der Waals surface area contributed by atoms with Crippen molar-refractivity contribution < 1.29 is 22.5 Å². The van der Waals surface area contributed by atoms with Gasteiger partial charge in [-0.2, -0.15) is 13.2 Å². The van der Waals surface area contributed by atoms with E-state index in [9.17, 15) is 27.3 Å². The second-order valence-corrected chi connectivity index (χ2v) is 13.1. The molecule has 5 aromatic rings. The molecule has 2 aromatic heterocycles. The van der Waals surface area contributed by atoms with E-state index >= 15 is 0 Å². The summed E-state index contributed by atoms with van der Waals surface area (Å²) in [5, 5.41) is 4.57. The minimum Gasteiger partial charge on any atom is -0.344 e. The molecule has 0 saturated heterocycles. The number of alkyl halides is 3. The maximum absolute atomic E-state index is 13.8.